The molecule has 1 heterocycles. The zero-order valence-electron chi connectivity index (χ0n) is 7.68. The zero-order valence-corrected chi connectivity index (χ0v) is 11.6. The summed E-state index contributed by atoms with van der Waals surface area (Å²) in [5.41, 5.74) is 1.57. The summed E-state index contributed by atoms with van der Waals surface area (Å²) < 4.78 is 2.37. The van der Waals surface area contributed by atoms with Gasteiger partial charge < -0.3 is 4.57 Å². The molecule has 0 aliphatic rings. The molecule has 2 rings (SSSR count). The third-order valence-electron chi connectivity index (χ3n) is 2.19. The average molecular weight is 327 g/mol. The highest BCUT2D eigenvalue weighted by molar-refractivity contribution is 9.08. The molecule has 0 radical (unpaired) electrons. The molecule has 6 heteroatoms. The van der Waals surface area contributed by atoms with Crippen LogP contribution in [-0.2, 0) is 12.4 Å². The van der Waals surface area contributed by atoms with Crippen LogP contribution >= 0.6 is 50.5 Å². The minimum absolute atomic E-state index is 0.0327. The number of fused-ring (bicyclic) bond motifs is 1. The average Bonchev–Trinajstić information content (AvgIpc) is 2.43. The van der Waals surface area contributed by atoms with Gasteiger partial charge in [-0.15, -0.1) is 0 Å². The first-order chi connectivity index (χ1) is 7.06. The first-order valence-electron chi connectivity index (χ1n) is 4.08. The molecule has 0 aliphatic carbocycles. The molecule has 2 nitrogen and oxygen atoms in total. The SMILES string of the molecule is Cn1c(=O)sc2cc(Cl)c(CBr)c(Cl)c21. The third-order valence-corrected chi connectivity index (χ3v) is 4.48. The lowest BCUT2D eigenvalue weighted by Gasteiger charge is -2.05. The Balaban J connectivity index is 2.98. The molecule has 0 amide bonds. The molecule has 15 heavy (non-hydrogen) atoms. The monoisotopic (exact) mass is 325 g/mol. The standard InChI is InChI=1S/C9H6BrCl2NOS/c1-13-8-6(15-9(13)14)2-5(11)4(3-10)7(8)12/h2H,3H2,1H3. The zero-order chi connectivity index (χ0) is 11.2. The van der Waals surface area contributed by atoms with Gasteiger partial charge in [-0.25, -0.2) is 0 Å². The molecule has 0 unspecified atom stereocenters. The molecule has 1 aromatic carbocycles. The van der Waals surface area contributed by atoms with Crippen molar-refractivity contribution in [3.8, 4) is 0 Å². The van der Waals surface area contributed by atoms with Gasteiger partial charge in [-0.05, 0) is 6.07 Å². The van der Waals surface area contributed by atoms with Crippen LogP contribution in [0.4, 0.5) is 0 Å². The number of thiazole rings is 1. The Morgan fingerprint density at radius 1 is 1.53 bits per heavy atom. The molecule has 0 bridgehead atoms. The lowest BCUT2D eigenvalue weighted by Crippen LogP contribution is -2.07. The van der Waals surface area contributed by atoms with Gasteiger partial charge in [-0.1, -0.05) is 50.5 Å². The number of hydrogen-bond donors (Lipinski definition) is 0. The van der Waals surface area contributed by atoms with Crippen LogP contribution in [0.2, 0.25) is 10.0 Å². The number of rotatable bonds is 1. The summed E-state index contributed by atoms with van der Waals surface area (Å²) in [7, 11) is 1.71. The van der Waals surface area contributed by atoms with E-state index in [9.17, 15) is 4.79 Å². The molecule has 0 N–H and O–H groups in total. The van der Waals surface area contributed by atoms with Crippen molar-refractivity contribution in [2.75, 3.05) is 0 Å². The number of alkyl halides is 1. The number of nitrogens with zero attached hydrogens (tertiary/aromatic N) is 1. The van der Waals surface area contributed by atoms with E-state index in [0.717, 1.165) is 27.1 Å². The van der Waals surface area contributed by atoms with Crippen LogP contribution in [-0.4, -0.2) is 4.57 Å². The van der Waals surface area contributed by atoms with Gasteiger partial charge in [-0.3, -0.25) is 4.79 Å². The predicted molar refractivity (Wildman–Crippen MR) is 69.7 cm³/mol. The molecule has 1 aromatic heterocycles. The number of aromatic nitrogens is 1. The van der Waals surface area contributed by atoms with Crippen molar-refractivity contribution in [3.05, 3.63) is 31.3 Å². The van der Waals surface area contributed by atoms with E-state index in [1.807, 2.05) is 0 Å². The van der Waals surface area contributed by atoms with E-state index in [0.29, 0.717) is 15.4 Å². The topological polar surface area (TPSA) is 22.0 Å². The Morgan fingerprint density at radius 3 is 2.80 bits per heavy atom. The summed E-state index contributed by atoms with van der Waals surface area (Å²) in [4.78, 5) is 11.4. The van der Waals surface area contributed by atoms with Gasteiger partial charge in [0.05, 0.1) is 15.2 Å². The molecular formula is C9H6BrCl2NOS. The van der Waals surface area contributed by atoms with Crippen LogP contribution in [0.3, 0.4) is 0 Å². The maximum Gasteiger partial charge on any atom is 0.307 e. The molecule has 2 aromatic rings. The van der Waals surface area contributed by atoms with Crippen LogP contribution in [0.5, 0.6) is 0 Å². The summed E-state index contributed by atoms with van der Waals surface area (Å²) in [5, 5.41) is 1.71. The van der Waals surface area contributed by atoms with Crippen LogP contribution in [0.15, 0.2) is 10.9 Å². The quantitative estimate of drug-likeness (QED) is 0.730. The van der Waals surface area contributed by atoms with E-state index in [1.165, 1.54) is 0 Å². The van der Waals surface area contributed by atoms with Crippen LogP contribution in [0, 0.1) is 0 Å². The van der Waals surface area contributed by atoms with Gasteiger partial charge in [0.1, 0.15) is 0 Å². The lowest BCUT2D eigenvalue weighted by atomic mass is 10.2. The van der Waals surface area contributed by atoms with E-state index < -0.39 is 0 Å². The largest absolute Gasteiger partial charge is 0.307 e. The predicted octanol–water partition coefficient (Wildman–Crippen LogP) is 3.80. The van der Waals surface area contributed by atoms with Gasteiger partial charge in [0.15, 0.2) is 0 Å². The maximum absolute atomic E-state index is 11.5. The first-order valence-corrected chi connectivity index (χ1v) is 6.78. The van der Waals surface area contributed by atoms with Crippen molar-refractivity contribution >= 4 is 60.7 Å². The third kappa shape index (κ3) is 1.73. The van der Waals surface area contributed by atoms with Crippen LogP contribution in [0.25, 0.3) is 10.2 Å². The van der Waals surface area contributed by atoms with Gasteiger partial charge in [0.25, 0.3) is 0 Å². The Labute approximate surface area is 109 Å². The second kappa shape index (κ2) is 4.09. The summed E-state index contributed by atoms with van der Waals surface area (Å²) in [6, 6.07) is 1.78. The number of halogens is 3. The normalized spacial score (nSPS) is 11.2. The van der Waals surface area contributed by atoms with Crippen molar-refractivity contribution in [2.45, 2.75) is 5.33 Å². The first kappa shape index (κ1) is 11.5. The van der Waals surface area contributed by atoms with Gasteiger partial charge >= 0.3 is 4.87 Å². The highest BCUT2D eigenvalue weighted by atomic mass is 79.9. The molecule has 0 aliphatic heterocycles. The van der Waals surface area contributed by atoms with Crippen LogP contribution < -0.4 is 4.87 Å². The molecule has 0 fully saturated rings. The van der Waals surface area contributed by atoms with Gasteiger partial charge in [0, 0.05) is 23.0 Å². The van der Waals surface area contributed by atoms with E-state index in [2.05, 4.69) is 15.9 Å². The Morgan fingerprint density at radius 2 is 2.20 bits per heavy atom. The molecular weight excluding hydrogens is 321 g/mol. The molecule has 0 saturated heterocycles. The van der Waals surface area contributed by atoms with Crippen molar-refractivity contribution < 1.29 is 0 Å². The van der Waals surface area contributed by atoms with E-state index >= 15 is 0 Å². The fourth-order valence-electron chi connectivity index (χ4n) is 1.39. The molecule has 0 spiro atoms. The van der Waals surface area contributed by atoms with Crippen molar-refractivity contribution in [2.24, 2.45) is 7.05 Å². The summed E-state index contributed by atoms with van der Waals surface area (Å²) >= 11 is 16.7. The minimum atomic E-state index is -0.0327. The number of hydrogen-bond acceptors (Lipinski definition) is 2. The van der Waals surface area contributed by atoms with Crippen molar-refractivity contribution in [3.63, 3.8) is 0 Å². The highest BCUT2D eigenvalue weighted by Gasteiger charge is 2.14. The van der Waals surface area contributed by atoms with Crippen molar-refractivity contribution in [1.29, 1.82) is 0 Å². The fourth-order valence-corrected chi connectivity index (χ4v) is 4.06. The number of benzene rings is 1. The van der Waals surface area contributed by atoms with E-state index in [4.69, 9.17) is 23.2 Å². The van der Waals surface area contributed by atoms with Crippen molar-refractivity contribution in [1.82, 2.24) is 4.57 Å². The molecule has 0 atom stereocenters. The smallest absolute Gasteiger partial charge is 0.300 e. The summed E-state index contributed by atoms with van der Waals surface area (Å²) in [5.74, 6) is 0. The van der Waals surface area contributed by atoms with Gasteiger partial charge in [0.2, 0.25) is 0 Å². The Bertz CT molecular complexity index is 590. The summed E-state index contributed by atoms with van der Waals surface area (Å²) in [6.07, 6.45) is 0. The molecule has 80 valence electrons. The lowest BCUT2D eigenvalue weighted by molar-refractivity contribution is 0.938. The molecule has 0 saturated carbocycles. The van der Waals surface area contributed by atoms with Crippen LogP contribution in [0.1, 0.15) is 5.56 Å². The van der Waals surface area contributed by atoms with E-state index in [1.54, 1.807) is 17.7 Å². The summed E-state index contributed by atoms with van der Waals surface area (Å²) in [6.45, 7) is 0. The second-order valence-electron chi connectivity index (χ2n) is 3.06. The van der Waals surface area contributed by atoms with E-state index in [-0.39, 0.29) is 4.87 Å². The van der Waals surface area contributed by atoms with Gasteiger partial charge in [-0.2, -0.15) is 0 Å². The minimum Gasteiger partial charge on any atom is -0.300 e. The Hall–Kier alpha value is -0.0300. The fraction of sp³-hybridized carbons (Fsp3) is 0.222. The Kier molecular flexibility index (Phi) is 3.12. The second-order valence-corrected chi connectivity index (χ2v) is 5.40. The number of aryl methyl sites for hydroxylation is 1. The highest BCUT2D eigenvalue weighted by Crippen LogP contribution is 2.35. The maximum atomic E-state index is 11.5.